The summed E-state index contributed by atoms with van der Waals surface area (Å²) in [5.74, 6) is -9.33. The molecule has 0 radical (unpaired) electrons. The van der Waals surface area contributed by atoms with E-state index in [0.717, 1.165) is 5.39 Å². The number of nitrogens with one attached hydrogen (secondary N) is 7. The summed E-state index contributed by atoms with van der Waals surface area (Å²) in [4.78, 5) is 134. The van der Waals surface area contributed by atoms with Crippen molar-refractivity contribution in [3.8, 4) is 0 Å². The highest BCUT2D eigenvalue weighted by Crippen LogP contribution is 2.21. The van der Waals surface area contributed by atoms with Gasteiger partial charge >= 0.3 is 5.97 Å². The lowest BCUT2D eigenvalue weighted by Gasteiger charge is -2.28. The molecule has 0 saturated carbocycles. The van der Waals surface area contributed by atoms with Crippen LogP contribution in [-0.2, 0) is 60.8 Å². The van der Waals surface area contributed by atoms with Crippen molar-refractivity contribution >= 4 is 69.9 Å². The second-order valence-corrected chi connectivity index (χ2v) is 18.9. The largest absolute Gasteiger partial charge is 0.480 e. The third-order valence-electron chi connectivity index (χ3n) is 12.2. The van der Waals surface area contributed by atoms with Gasteiger partial charge in [0.2, 0.25) is 53.2 Å². The minimum absolute atomic E-state index is 0.0708. The van der Waals surface area contributed by atoms with Crippen LogP contribution in [0.25, 0.3) is 10.8 Å². The van der Waals surface area contributed by atoms with Crippen molar-refractivity contribution in [3.63, 3.8) is 0 Å². The van der Waals surface area contributed by atoms with Gasteiger partial charge in [-0.25, -0.2) is 4.79 Å². The number of carboxylic acids is 1. The fourth-order valence-corrected chi connectivity index (χ4v) is 8.06. The number of nitrogens with two attached hydrogens (primary N) is 5. The average molecular weight is 1050 g/mol. The smallest absolute Gasteiger partial charge is 0.326 e. The van der Waals surface area contributed by atoms with Crippen LogP contribution in [0.3, 0.4) is 0 Å². The fourth-order valence-electron chi connectivity index (χ4n) is 8.06. The van der Waals surface area contributed by atoms with Crippen LogP contribution in [0, 0.1) is 5.92 Å². The lowest BCUT2D eigenvalue weighted by molar-refractivity contribution is -0.142. The maximum atomic E-state index is 14.5. The Morgan fingerprint density at radius 2 is 1.00 bits per heavy atom. The predicted octanol–water partition coefficient (Wildman–Crippen LogP) is -1.10. The van der Waals surface area contributed by atoms with Crippen molar-refractivity contribution in [2.24, 2.45) is 34.6 Å². The molecule has 0 heterocycles. The number of benzene rings is 3. The molecular weight excluding hydrogens is 969 g/mol. The fraction of sp³-hybridized carbons (Fsp3) is 0.500. The first-order valence-electron chi connectivity index (χ1n) is 25.2. The van der Waals surface area contributed by atoms with Gasteiger partial charge in [-0.1, -0.05) is 93.1 Å². The molecule has 23 heteroatoms. The number of primary amides is 2. The van der Waals surface area contributed by atoms with Crippen LogP contribution in [0.5, 0.6) is 0 Å². The van der Waals surface area contributed by atoms with E-state index in [-0.39, 0.29) is 38.0 Å². The van der Waals surface area contributed by atoms with Gasteiger partial charge in [-0.2, -0.15) is 0 Å². The summed E-state index contributed by atoms with van der Waals surface area (Å²) >= 11 is 0. The van der Waals surface area contributed by atoms with Crippen LogP contribution in [0.1, 0.15) is 96.1 Å². The van der Waals surface area contributed by atoms with Crippen LogP contribution in [0.2, 0.25) is 0 Å². The normalized spacial score (nSPS) is 14.3. The number of hydrogen-bond acceptors (Lipinski definition) is 13. The maximum Gasteiger partial charge on any atom is 0.326 e. The van der Waals surface area contributed by atoms with E-state index in [2.05, 4.69) is 37.2 Å². The van der Waals surface area contributed by atoms with Crippen molar-refractivity contribution in [1.29, 1.82) is 0 Å². The van der Waals surface area contributed by atoms with Crippen molar-refractivity contribution in [2.75, 3.05) is 13.1 Å². The third kappa shape index (κ3) is 21.9. The van der Waals surface area contributed by atoms with Gasteiger partial charge in [-0.05, 0) is 92.8 Å². The Bertz CT molecular complexity index is 2420. The standard InChI is InChI=1S/C52H76N12O11/c1-30(2)26-39(61-46(68)36(55)20-9-11-24-53)48(70)62-40(27-32-14-5-4-6-15-32)49(71)64-42(29-44(57)66)51(73)63-41(28-34-18-13-17-33-16-7-8-19-35(33)34)50(72)59-37(22-23-43(56)65)47(69)58-31(3)45(67)60-38(52(74)75)21-10-12-25-54/h4-8,13-19,30-31,36-42H,9-12,20-29,53-55H2,1-3H3,(H2,56,65)(H2,57,66)(H,58,69)(H,59,72)(H,60,67)(H,61,68)(H,62,70)(H,63,73)(H,64,71)(H,74,75)/t31-,36-,37+,38-,39-,40+,41+,42+/m1/s1. The number of fused-ring (bicyclic) bond motifs is 1. The molecule has 0 bridgehead atoms. The number of carbonyl (C=O) groups excluding carboxylic acids is 9. The van der Waals surface area contributed by atoms with Crippen molar-refractivity contribution in [1.82, 2.24) is 37.2 Å². The molecule has 3 aromatic rings. The summed E-state index contributed by atoms with van der Waals surface area (Å²) in [5, 5.41) is 29.1. The van der Waals surface area contributed by atoms with Gasteiger partial charge < -0.3 is 71.0 Å². The van der Waals surface area contributed by atoms with Gasteiger partial charge in [0.1, 0.15) is 42.3 Å². The quantitative estimate of drug-likeness (QED) is 0.0316. The zero-order valence-electron chi connectivity index (χ0n) is 42.9. The zero-order chi connectivity index (χ0) is 55.6. The second kappa shape index (κ2) is 31.9. The summed E-state index contributed by atoms with van der Waals surface area (Å²) in [6, 6.07) is 10.1. The summed E-state index contributed by atoms with van der Waals surface area (Å²) in [6.07, 6.45) is 0.819. The molecule has 0 saturated heterocycles. The van der Waals surface area contributed by atoms with Crippen molar-refractivity contribution in [3.05, 3.63) is 83.9 Å². The van der Waals surface area contributed by atoms with Gasteiger partial charge in [0.05, 0.1) is 12.5 Å². The minimum atomic E-state index is -1.75. The number of carboxylic acid groups (broad SMARTS) is 1. The summed E-state index contributed by atoms with van der Waals surface area (Å²) in [6.45, 7) is 5.70. The van der Waals surface area contributed by atoms with E-state index in [1.807, 2.05) is 26.0 Å². The first-order valence-corrected chi connectivity index (χ1v) is 25.2. The number of unbranched alkanes of at least 4 members (excludes halogenated alkanes) is 2. The second-order valence-electron chi connectivity index (χ2n) is 18.9. The van der Waals surface area contributed by atoms with E-state index < -0.39 is 120 Å². The highest BCUT2D eigenvalue weighted by Gasteiger charge is 2.35. The molecule has 3 aromatic carbocycles. The third-order valence-corrected chi connectivity index (χ3v) is 12.2. The van der Waals surface area contributed by atoms with Crippen LogP contribution in [-0.4, -0.2) is 126 Å². The SMILES string of the molecule is CC(C)C[C@@H](NC(=O)[C@H](N)CCCCN)C(=O)N[C@@H](Cc1ccccc1)C(=O)N[C@@H](CC(N)=O)C(=O)N[C@@H](Cc1cccc2ccccc12)C(=O)N[C@@H](CCC(N)=O)C(=O)N[C@H](C)C(=O)N[C@H](CCCCN)C(=O)O. The van der Waals surface area contributed by atoms with Gasteiger partial charge in [0.25, 0.3) is 0 Å². The van der Waals surface area contributed by atoms with Crippen molar-refractivity contribution < 1.29 is 53.1 Å². The van der Waals surface area contributed by atoms with Crippen LogP contribution in [0.4, 0.5) is 0 Å². The first-order chi connectivity index (χ1) is 35.6. The molecule has 0 aliphatic carbocycles. The Balaban J connectivity index is 1.99. The van der Waals surface area contributed by atoms with E-state index in [1.54, 1.807) is 60.7 Å². The number of amides is 9. The Morgan fingerprint density at radius 3 is 1.60 bits per heavy atom. The highest BCUT2D eigenvalue weighted by molar-refractivity contribution is 5.99. The molecule has 18 N–H and O–H groups in total. The van der Waals surface area contributed by atoms with E-state index in [1.165, 1.54) is 6.92 Å². The first kappa shape index (κ1) is 61.8. The van der Waals surface area contributed by atoms with E-state index in [4.69, 9.17) is 28.7 Å². The molecular formula is C52H76N12O11. The molecule has 9 amide bonds. The number of rotatable bonds is 34. The monoisotopic (exact) mass is 1040 g/mol. The Morgan fingerprint density at radius 1 is 0.493 bits per heavy atom. The maximum absolute atomic E-state index is 14.5. The Labute approximate surface area is 436 Å². The number of carbonyl (C=O) groups is 10. The topological polar surface area (TPSA) is 405 Å². The highest BCUT2D eigenvalue weighted by atomic mass is 16.4. The molecule has 3 rings (SSSR count). The average Bonchev–Trinajstić information content (AvgIpc) is 3.36. The lowest BCUT2D eigenvalue weighted by atomic mass is 9.97. The number of hydrogen-bond donors (Lipinski definition) is 13. The Hall–Kier alpha value is -7.50. The summed E-state index contributed by atoms with van der Waals surface area (Å²) in [5.41, 5.74) is 29.5. The molecule has 8 atom stereocenters. The van der Waals surface area contributed by atoms with E-state index in [0.29, 0.717) is 61.7 Å². The number of aliphatic carboxylic acids is 1. The zero-order valence-corrected chi connectivity index (χ0v) is 42.9. The molecule has 0 aliphatic rings. The predicted molar refractivity (Wildman–Crippen MR) is 280 cm³/mol. The van der Waals surface area contributed by atoms with Crippen LogP contribution in [0.15, 0.2) is 72.8 Å². The lowest BCUT2D eigenvalue weighted by Crippen LogP contribution is -2.61. The summed E-state index contributed by atoms with van der Waals surface area (Å²) in [7, 11) is 0. The molecule has 410 valence electrons. The summed E-state index contributed by atoms with van der Waals surface area (Å²) < 4.78 is 0. The van der Waals surface area contributed by atoms with Crippen molar-refractivity contribution in [2.45, 2.75) is 146 Å². The van der Waals surface area contributed by atoms with Gasteiger partial charge in [-0.15, -0.1) is 0 Å². The van der Waals surface area contributed by atoms with E-state index in [9.17, 15) is 53.1 Å². The molecule has 23 nitrogen and oxygen atoms in total. The van der Waals surface area contributed by atoms with Gasteiger partial charge in [0, 0.05) is 19.3 Å². The van der Waals surface area contributed by atoms with Gasteiger partial charge in [0.15, 0.2) is 0 Å². The molecule has 0 aliphatic heterocycles. The molecule has 75 heavy (non-hydrogen) atoms. The van der Waals surface area contributed by atoms with Crippen LogP contribution < -0.4 is 65.9 Å². The molecule has 0 fully saturated rings. The minimum Gasteiger partial charge on any atom is -0.480 e. The Kier molecular flexibility index (Phi) is 26.3. The molecule has 0 unspecified atom stereocenters. The van der Waals surface area contributed by atoms with Crippen LogP contribution >= 0.6 is 0 Å². The molecule has 0 aromatic heterocycles. The van der Waals surface area contributed by atoms with Gasteiger partial charge in [-0.3, -0.25) is 43.2 Å². The van der Waals surface area contributed by atoms with E-state index >= 15 is 0 Å². The molecule has 0 spiro atoms.